The first-order valence-corrected chi connectivity index (χ1v) is 9.79. The maximum absolute atomic E-state index is 12.2. The van der Waals surface area contributed by atoms with Crippen LogP contribution in [0.1, 0.15) is 52.5 Å². The summed E-state index contributed by atoms with van der Waals surface area (Å²) in [7, 11) is -1.27. The molecule has 0 aliphatic carbocycles. The summed E-state index contributed by atoms with van der Waals surface area (Å²) in [4.78, 5) is 12.7. The van der Waals surface area contributed by atoms with Crippen molar-refractivity contribution >= 4 is 16.6 Å². The van der Waals surface area contributed by atoms with Crippen LogP contribution in [0.25, 0.3) is 0 Å². The minimum Gasteiger partial charge on any atom is -0.294 e. The van der Waals surface area contributed by atoms with Crippen LogP contribution in [0.15, 0.2) is 53.0 Å². The Labute approximate surface area is 149 Å². The molecule has 132 valence electrons. The van der Waals surface area contributed by atoms with Crippen LogP contribution >= 0.6 is 0 Å². The lowest BCUT2D eigenvalue weighted by Gasteiger charge is -2.22. The van der Waals surface area contributed by atoms with Crippen molar-refractivity contribution in [1.29, 1.82) is 0 Å². The Hall–Kier alpha value is -1.48. The predicted octanol–water partition coefficient (Wildman–Crippen LogP) is 5.39. The fourth-order valence-corrected chi connectivity index (χ4v) is 3.27. The topological polar surface area (TPSA) is 34.1 Å². The van der Waals surface area contributed by atoms with E-state index < -0.39 is 10.8 Å². The lowest BCUT2D eigenvalue weighted by Crippen LogP contribution is -2.11. The van der Waals surface area contributed by atoms with Crippen LogP contribution < -0.4 is 0 Å². The largest absolute Gasteiger partial charge is 0.294 e. The molecule has 0 saturated carbocycles. The maximum atomic E-state index is 12.2. The molecule has 1 aromatic carbocycles. The minimum atomic E-state index is -1.27. The summed E-state index contributed by atoms with van der Waals surface area (Å²) in [6.07, 6.45) is 8.78. The first-order valence-electron chi connectivity index (χ1n) is 8.47. The van der Waals surface area contributed by atoms with Gasteiger partial charge in [-0.25, -0.2) is 0 Å². The van der Waals surface area contributed by atoms with Gasteiger partial charge < -0.3 is 0 Å². The van der Waals surface area contributed by atoms with Crippen LogP contribution in [0.5, 0.6) is 0 Å². The Kier molecular flexibility index (Phi) is 8.34. The zero-order valence-corrected chi connectivity index (χ0v) is 16.4. The molecule has 0 N–H and O–H groups in total. The smallest absolute Gasteiger partial charge is 0.168 e. The summed E-state index contributed by atoms with van der Waals surface area (Å²) in [5.74, 6) is -0.0217. The molecule has 1 atom stereocenters. The molecule has 0 aromatic heterocycles. The van der Waals surface area contributed by atoms with Crippen molar-refractivity contribution in [3.63, 3.8) is 0 Å². The number of hydrogen-bond acceptors (Lipinski definition) is 2. The summed E-state index contributed by atoms with van der Waals surface area (Å²) in [6.45, 7) is 10.6. The average Bonchev–Trinajstić information content (AvgIpc) is 2.46. The van der Waals surface area contributed by atoms with Crippen molar-refractivity contribution in [3.8, 4) is 0 Å². The highest BCUT2D eigenvalue weighted by Crippen LogP contribution is 2.27. The second-order valence-electron chi connectivity index (χ2n) is 7.36. The van der Waals surface area contributed by atoms with E-state index in [4.69, 9.17) is 0 Å². The van der Waals surface area contributed by atoms with Crippen LogP contribution in [0.3, 0.4) is 0 Å². The number of ketones is 1. The van der Waals surface area contributed by atoms with E-state index in [2.05, 4.69) is 33.8 Å². The lowest BCUT2D eigenvalue weighted by molar-refractivity contribution is -0.112. The van der Waals surface area contributed by atoms with Crippen LogP contribution in [0, 0.1) is 12.3 Å². The summed E-state index contributed by atoms with van der Waals surface area (Å²) < 4.78 is 12.2. The van der Waals surface area contributed by atoms with Gasteiger partial charge in [0.05, 0.1) is 16.6 Å². The molecule has 0 aliphatic heterocycles. The van der Waals surface area contributed by atoms with Gasteiger partial charge in [0.15, 0.2) is 5.78 Å². The maximum Gasteiger partial charge on any atom is 0.168 e. The summed E-state index contributed by atoms with van der Waals surface area (Å²) in [5, 5.41) is 0. The van der Waals surface area contributed by atoms with E-state index in [-0.39, 0.29) is 17.0 Å². The second kappa shape index (κ2) is 9.73. The first kappa shape index (κ1) is 20.6. The molecule has 0 bridgehead atoms. The first-order chi connectivity index (χ1) is 11.2. The fourth-order valence-electron chi connectivity index (χ4n) is 2.31. The van der Waals surface area contributed by atoms with E-state index in [1.54, 1.807) is 6.08 Å². The van der Waals surface area contributed by atoms with Gasteiger partial charge in [0.2, 0.25) is 0 Å². The predicted molar refractivity (Wildman–Crippen MR) is 104 cm³/mol. The van der Waals surface area contributed by atoms with E-state index in [1.165, 1.54) is 5.57 Å². The van der Waals surface area contributed by atoms with Crippen LogP contribution in [-0.4, -0.2) is 15.7 Å². The molecular weight excluding hydrogens is 316 g/mol. The highest BCUT2D eigenvalue weighted by atomic mass is 32.2. The van der Waals surface area contributed by atoms with Crippen LogP contribution in [0.4, 0.5) is 0 Å². The fraction of sp³-hybridized carbons (Fsp3) is 0.476. The van der Waals surface area contributed by atoms with Crippen LogP contribution in [-0.2, 0) is 15.6 Å². The van der Waals surface area contributed by atoms with Gasteiger partial charge in [-0.15, -0.1) is 0 Å². The lowest BCUT2D eigenvalue weighted by atomic mass is 9.84. The Bertz CT molecular complexity index is 618. The number of rotatable bonds is 9. The summed E-state index contributed by atoms with van der Waals surface area (Å²) in [6, 6.07) is 7.49. The highest BCUT2D eigenvalue weighted by molar-refractivity contribution is 7.85. The van der Waals surface area contributed by atoms with E-state index in [0.29, 0.717) is 4.90 Å². The van der Waals surface area contributed by atoms with E-state index in [9.17, 15) is 9.00 Å². The third kappa shape index (κ3) is 8.39. The molecule has 1 aromatic rings. The van der Waals surface area contributed by atoms with Crippen molar-refractivity contribution in [2.75, 3.05) is 5.75 Å². The number of benzene rings is 1. The second-order valence-corrected chi connectivity index (χ2v) is 8.81. The summed E-state index contributed by atoms with van der Waals surface area (Å²) >= 11 is 0. The molecule has 0 saturated heterocycles. The summed E-state index contributed by atoms with van der Waals surface area (Å²) in [5.41, 5.74) is 2.63. The Morgan fingerprint density at radius 1 is 1.17 bits per heavy atom. The number of aryl methyl sites for hydroxylation is 1. The van der Waals surface area contributed by atoms with Crippen LogP contribution in [0.2, 0.25) is 0 Å². The minimum absolute atomic E-state index is 0.0533. The molecule has 0 spiro atoms. The molecule has 24 heavy (non-hydrogen) atoms. The van der Waals surface area contributed by atoms with Crippen molar-refractivity contribution in [2.24, 2.45) is 5.41 Å². The van der Waals surface area contributed by atoms with Gasteiger partial charge in [-0.3, -0.25) is 9.00 Å². The SMILES string of the molecule is CC(C)=CCCC(C)(C)C/C=C/C(=O)C[S@@](=O)c1ccc(C)cc1. The Morgan fingerprint density at radius 3 is 2.38 bits per heavy atom. The quantitative estimate of drug-likeness (QED) is 0.444. The molecule has 0 heterocycles. The van der Waals surface area contributed by atoms with Gasteiger partial charge in [-0.05, 0) is 63.7 Å². The zero-order valence-electron chi connectivity index (χ0n) is 15.6. The molecular formula is C21H30O2S. The molecule has 3 heteroatoms. The molecule has 0 unspecified atom stereocenters. The number of allylic oxidation sites excluding steroid dienone is 4. The van der Waals surface area contributed by atoms with Crippen molar-refractivity contribution in [1.82, 2.24) is 0 Å². The number of carbonyl (C=O) groups is 1. The third-order valence-corrected chi connectivity index (χ3v) is 5.25. The highest BCUT2D eigenvalue weighted by Gasteiger charge is 2.15. The van der Waals surface area contributed by atoms with Gasteiger partial charge in [0.1, 0.15) is 0 Å². The van der Waals surface area contributed by atoms with E-state index in [0.717, 1.165) is 24.8 Å². The average molecular weight is 347 g/mol. The molecule has 0 amide bonds. The normalized spacial score (nSPS) is 13.0. The van der Waals surface area contributed by atoms with Crippen molar-refractivity contribution in [2.45, 2.75) is 58.8 Å². The molecule has 0 aliphatic rings. The van der Waals surface area contributed by atoms with Gasteiger partial charge >= 0.3 is 0 Å². The van der Waals surface area contributed by atoms with Gasteiger partial charge in [-0.2, -0.15) is 0 Å². The van der Waals surface area contributed by atoms with Gasteiger partial charge in [0, 0.05) is 4.90 Å². The molecule has 0 radical (unpaired) electrons. The molecule has 1 rings (SSSR count). The Morgan fingerprint density at radius 2 is 1.79 bits per heavy atom. The van der Waals surface area contributed by atoms with E-state index >= 15 is 0 Å². The van der Waals surface area contributed by atoms with Crippen molar-refractivity contribution < 1.29 is 9.00 Å². The molecule has 2 nitrogen and oxygen atoms in total. The van der Waals surface area contributed by atoms with Gasteiger partial charge in [0.25, 0.3) is 0 Å². The van der Waals surface area contributed by atoms with E-state index in [1.807, 2.05) is 37.3 Å². The monoisotopic (exact) mass is 346 g/mol. The standard InChI is InChI=1S/C21H30O2S/c1-17(2)8-6-14-21(4,5)15-7-9-19(22)16-24(23)20-12-10-18(3)11-13-20/h7-13H,6,14-16H2,1-5H3/b9-7+/t24-/m1/s1. The number of hydrogen-bond donors (Lipinski definition) is 0. The number of carbonyl (C=O) groups excluding carboxylic acids is 1. The Balaban J connectivity index is 2.46. The molecule has 0 fully saturated rings. The third-order valence-electron chi connectivity index (χ3n) is 3.91. The zero-order chi connectivity index (χ0) is 18.2. The van der Waals surface area contributed by atoms with Gasteiger partial charge in [-0.1, -0.05) is 49.3 Å². The van der Waals surface area contributed by atoms with Crippen molar-refractivity contribution in [3.05, 3.63) is 53.6 Å².